The fourth-order valence-corrected chi connectivity index (χ4v) is 1.52. The van der Waals surface area contributed by atoms with Gasteiger partial charge >= 0.3 is 0 Å². The van der Waals surface area contributed by atoms with Gasteiger partial charge in [0.05, 0.1) is 6.33 Å². The van der Waals surface area contributed by atoms with Gasteiger partial charge in [-0.3, -0.25) is 0 Å². The minimum absolute atomic E-state index is 1.02. The summed E-state index contributed by atoms with van der Waals surface area (Å²) in [5.74, 6) is 0. The molecule has 1 heterocycles. The van der Waals surface area contributed by atoms with Crippen LogP contribution in [0.2, 0.25) is 0 Å². The van der Waals surface area contributed by atoms with Crippen molar-refractivity contribution >= 4 is 0 Å². The first-order valence-electron chi connectivity index (χ1n) is 4.81. The molecule has 0 amide bonds. The van der Waals surface area contributed by atoms with Crippen molar-refractivity contribution in [1.82, 2.24) is 9.55 Å². The zero-order valence-electron chi connectivity index (χ0n) is 8.49. The molecule has 1 aromatic heterocycles. The maximum atomic E-state index is 4.04. The Morgan fingerprint density at radius 3 is 2.93 bits per heavy atom. The molecule has 2 nitrogen and oxygen atoms in total. The van der Waals surface area contributed by atoms with Crippen molar-refractivity contribution in [3.63, 3.8) is 0 Å². The van der Waals surface area contributed by atoms with E-state index < -0.39 is 0 Å². The molecule has 2 heteroatoms. The molecule has 14 heavy (non-hydrogen) atoms. The third-order valence-electron chi connectivity index (χ3n) is 2.23. The fourth-order valence-electron chi connectivity index (χ4n) is 1.52. The second-order valence-electron chi connectivity index (χ2n) is 3.37. The van der Waals surface area contributed by atoms with Crippen LogP contribution in [0.4, 0.5) is 0 Å². The van der Waals surface area contributed by atoms with Crippen molar-refractivity contribution in [2.75, 3.05) is 0 Å². The normalized spacial score (nSPS) is 10.4. The summed E-state index contributed by atoms with van der Waals surface area (Å²) in [6.07, 6.45) is 6.57. The summed E-state index contributed by atoms with van der Waals surface area (Å²) in [5, 5.41) is 0. The molecule has 0 saturated carbocycles. The van der Waals surface area contributed by atoms with Crippen LogP contribution in [0, 0.1) is 13.0 Å². The Morgan fingerprint density at radius 2 is 2.29 bits per heavy atom. The van der Waals surface area contributed by atoms with Gasteiger partial charge in [-0.15, -0.1) is 0 Å². The summed E-state index contributed by atoms with van der Waals surface area (Å²) >= 11 is 0. The molecule has 0 fully saturated rings. The Kier molecular flexibility index (Phi) is 2.35. The summed E-state index contributed by atoms with van der Waals surface area (Å²) in [7, 11) is 0. The van der Waals surface area contributed by atoms with Gasteiger partial charge in [0.25, 0.3) is 0 Å². The Hall–Kier alpha value is -1.57. The zero-order chi connectivity index (χ0) is 9.97. The Bertz CT molecular complexity index is 416. The smallest absolute Gasteiger partial charge is 0.0991 e. The van der Waals surface area contributed by atoms with E-state index in [1.165, 1.54) is 11.1 Å². The van der Waals surface area contributed by atoms with Gasteiger partial charge in [-0.25, -0.2) is 4.98 Å². The first-order valence-corrected chi connectivity index (χ1v) is 4.81. The van der Waals surface area contributed by atoms with Gasteiger partial charge in [-0.2, -0.15) is 0 Å². The van der Waals surface area contributed by atoms with Crippen molar-refractivity contribution in [1.29, 1.82) is 0 Å². The van der Waals surface area contributed by atoms with E-state index in [1.54, 1.807) is 6.20 Å². The third kappa shape index (κ3) is 1.69. The highest BCUT2D eigenvalue weighted by Crippen LogP contribution is 2.13. The minimum Gasteiger partial charge on any atom is -0.306 e. The molecule has 71 valence electrons. The number of hydrogen-bond donors (Lipinski definition) is 0. The molecule has 2 rings (SSSR count). The van der Waals surface area contributed by atoms with Crippen LogP contribution >= 0.6 is 0 Å². The van der Waals surface area contributed by atoms with E-state index in [0.717, 1.165) is 12.1 Å². The molecule has 0 bridgehead atoms. The predicted molar refractivity (Wildman–Crippen MR) is 56.5 cm³/mol. The van der Waals surface area contributed by atoms with Gasteiger partial charge < -0.3 is 4.57 Å². The van der Waals surface area contributed by atoms with Gasteiger partial charge in [0.1, 0.15) is 0 Å². The lowest BCUT2D eigenvalue weighted by atomic mass is 10.1. The Balaban J connectivity index is 2.48. The zero-order valence-corrected chi connectivity index (χ0v) is 8.49. The Morgan fingerprint density at radius 1 is 1.43 bits per heavy atom. The standard InChI is InChI=1S/C12H13N2/c1-3-11-6-10(2)7-12(8-11)14-5-4-13-9-14/h4-5,7-9H,3H2,1-2H3. The van der Waals surface area contributed by atoms with Crippen molar-refractivity contribution in [2.45, 2.75) is 20.3 Å². The molecular weight excluding hydrogens is 172 g/mol. The number of aryl methyl sites for hydroxylation is 2. The molecule has 1 aromatic carbocycles. The molecule has 0 atom stereocenters. The van der Waals surface area contributed by atoms with Crippen LogP contribution in [0.15, 0.2) is 30.9 Å². The highest BCUT2D eigenvalue weighted by molar-refractivity contribution is 5.39. The lowest BCUT2D eigenvalue weighted by Gasteiger charge is -2.05. The van der Waals surface area contributed by atoms with E-state index >= 15 is 0 Å². The quantitative estimate of drug-likeness (QED) is 0.703. The summed E-state index contributed by atoms with van der Waals surface area (Å²) in [6, 6.07) is 7.58. The SMILES string of the molecule is CCc1[c]c(C)cc(-n2ccnc2)c1. The first-order chi connectivity index (χ1) is 6.79. The Labute approximate surface area is 84.2 Å². The monoisotopic (exact) mass is 185 g/mol. The number of rotatable bonds is 2. The van der Waals surface area contributed by atoms with Gasteiger partial charge in [-0.1, -0.05) is 6.92 Å². The molecule has 0 aliphatic rings. The van der Waals surface area contributed by atoms with E-state index in [-0.39, 0.29) is 0 Å². The number of hydrogen-bond acceptors (Lipinski definition) is 1. The molecule has 0 unspecified atom stereocenters. The van der Waals surface area contributed by atoms with Crippen molar-refractivity contribution in [3.8, 4) is 5.69 Å². The topological polar surface area (TPSA) is 17.8 Å². The number of aromatic nitrogens is 2. The van der Waals surface area contributed by atoms with Gasteiger partial charge in [0.2, 0.25) is 0 Å². The molecule has 2 aromatic rings. The van der Waals surface area contributed by atoms with Crippen LogP contribution in [0.5, 0.6) is 0 Å². The van der Waals surface area contributed by atoms with Crippen LogP contribution in [0.25, 0.3) is 5.69 Å². The first kappa shape index (κ1) is 9.00. The molecular formula is C12H13N2. The predicted octanol–water partition coefficient (Wildman–Crippen LogP) is 2.54. The van der Waals surface area contributed by atoms with Crippen LogP contribution < -0.4 is 0 Å². The minimum atomic E-state index is 1.02. The van der Waals surface area contributed by atoms with Crippen LogP contribution in [-0.2, 0) is 6.42 Å². The second kappa shape index (κ2) is 3.66. The highest BCUT2D eigenvalue weighted by Gasteiger charge is 1.99. The third-order valence-corrected chi connectivity index (χ3v) is 2.23. The molecule has 1 radical (unpaired) electrons. The average molecular weight is 185 g/mol. The number of nitrogens with zero attached hydrogens (tertiary/aromatic N) is 2. The fraction of sp³-hybridized carbons (Fsp3) is 0.250. The van der Waals surface area contributed by atoms with Crippen LogP contribution in [0.1, 0.15) is 18.1 Å². The molecule has 0 N–H and O–H groups in total. The second-order valence-corrected chi connectivity index (χ2v) is 3.37. The summed E-state index contributed by atoms with van der Waals surface area (Å²) in [4.78, 5) is 4.04. The average Bonchev–Trinajstić information content (AvgIpc) is 2.69. The van der Waals surface area contributed by atoms with E-state index in [0.29, 0.717) is 0 Å². The molecule has 0 aliphatic heterocycles. The van der Waals surface area contributed by atoms with E-state index in [4.69, 9.17) is 0 Å². The number of benzene rings is 1. The molecule has 0 saturated heterocycles. The van der Waals surface area contributed by atoms with E-state index in [2.05, 4.69) is 37.0 Å². The van der Waals surface area contributed by atoms with Crippen molar-refractivity contribution in [2.24, 2.45) is 0 Å². The van der Waals surface area contributed by atoms with Crippen molar-refractivity contribution < 1.29 is 0 Å². The van der Waals surface area contributed by atoms with Gasteiger partial charge in [0, 0.05) is 18.1 Å². The number of imidazole rings is 1. The largest absolute Gasteiger partial charge is 0.306 e. The maximum Gasteiger partial charge on any atom is 0.0991 e. The maximum absolute atomic E-state index is 4.04. The van der Waals surface area contributed by atoms with Gasteiger partial charge in [0.15, 0.2) is 0 Å². The molecule has 0 spiro atoms. The highest BCUT2D eigenvalue weighted by atomic mass is 15.0. The lowest BCUT2D eigenvalue weighted by Crippen LogP contribution is -1.93. The van der Waals surface area contributed by atoms with Crippen LogP contribution in [0.3, 0.4) is 0 Å². The summed E-state index contributed by atoms with van der Waals surface area (Å²) in [5.41, 5.74) is 3.58. The molecule has 0 aliphatic carbocycles. The van der Waals surface area contributed by atoms with Crippen LogP contribution in [-0.4, -0.2) is 9.55 Å². The van der Waals surface area contributed by atoms with E-state index in [9.17, 15) is 0 Å². The summed E-state index contributed by atoms with van der Waals surface area (Å²) < 4.78 is 2.01. The van der Waals surface area contributed by atoms with E-state index in [1.807, 2.05) is 17.1 Å². The van der Waals surface area contributed by atoms with Crippen molar-refractivity contribution in [3.05, 3.63) is 48.0 Å². The summed E-state index contributed by atoms with van der Waals surface area (Å²) in [6.45, 7) is 4.21. The van der Waals surface area contributed by atoms with Gasteiger partial charge in [-0.05, 0) is 42.7 Å². The lowest BCUT2D eigenvalue weighted by molar-refractivity contribution is 1.03.